The van der Waals surface area contributed by atoms with Crippen molar-refractivity contribution >= 4 is 66.5 Å². The predicted octanol–water partition coefficient (Wildman–Crippen LogP) is 21.1. The number of allylic oxidation sites excluding steroid dienone is 4. The van der Waals surface area contributed by atoms with Crippen LogP contribution in [0.2, 0.25) is 103 Å². The molecule has 3 aliphatic heterocycles. The number of hydrogen-bond acceptors (Lipinski definition) is 11. The van der Waals surface area contributed by atoms with Crippen molar-refractivity contribution in [3.05, 3.63) is 100 Å². The maximum Gasteiger partial charge on any atom is 0.185 e. The van der Waals surface area contributed by atoms with E-state index in [9.17, 15) is 24.9 Å². The summed E-state index contributed by atoms with van der Waals surface area (Å²) < 4.78 is 37.9. The molecule has 0 aromatic heterocycles. The van der Waals surface area contributed by atoms with Crippen LogP contribution in [0.1, 0.15) is 184 Å². The summed E-state index contributed by atoms with van der Waals surface area (Å²) in [6.45, 7) is 69.4. The van der Waals surface area contributed by atoms with Gasteiger partial charge in [-0.05, 0) is 278 Å². The number of halogens is 1. The topological polar surface area (TPSA) is 150 Å². The Morgan fingerprint density at radius 1 is 0.449 bits per heavy atom. The summed E-state index contributed by atoms with van der Waals surface area (Å²) >= 11 is 2.45. The third kappa shape index (κ3) is 27.3. The molecule has 3 N–H and O–H groups in total. The second-order valence-corrected chi connectivity index (χ2v) is 59.0. The number of benzene rings is 3. The fourth-order valence-electron chi connectivity index (χ4n) is 13.1. The van der Waals surface area contributed by atoms with Gasteiger partial charge >= 0.3 is 0 Å². The molecular weight excluding hydrogens is 1400 g/mol. The molecule has 0 amide bonds. The van der Waals surface area contributed by atoms with Crippen molar-refractivity contribution in [2.45, 2.75) is 327 Å². The highest BCUT2D eigenvalue weighted by Gasteiger charge is 2.38. The summed E-state index contributed by atoms with van der Waals surface area (Å²) in [5.41, 5.74) is 17.8. The minimum absolute atomic E-state index is 0.0608. The Labute approximate surface area is 616 Å². The molecule has 7 rings (SSSR count). The van der Waals surface area contributed by atoms with Crippen LogP contribution in [0.5, 0.6) is 23.0 Å². The minimum Gasteiger partial charge on any atom is -0.507 e. The molecule has 0 unspecified atom stereocenters. The van der Waals surface area contributed by atoms with Crippen molar-refractivity contribution in [2.24, 2.45) is 0 Å². The number of fused-ring (bicyclic) bond motifs is 3. The van der Waals surface area contributed by atoms with E-state index in [0.717, 1.165) is 104 Å². The van der Waals surface area contributed by atoms with E-state index in [2.05, 4.69) is 170 Å². The van der Waals surface area contributed by atoms with E-state index >= 15 is 0 Å². The Hall–Kier alpha value is -2.92. The van der Waals surface area contributed by atoms with Crippen LogP contribution in [0.25, 0.3) is 0 Å². The highest BCUT2D eigenvalue weighted by atomic mass is 127. The van der Waals surface area contributed by atoms with Crippen LogP contribution >= 0.6 is 22.6 Å². The largest absolute Gasteiger partial charge is 0.507 e. The second-order valence-electron chi connectivity index (χ2n) is 35.5. The predicted molar refractivity (Wildman–Crippen MR) is 436 cm³/mol. The van der Waals surface area contributed by atoms with Gasteiger partial charge in [-0.2, -0.15) is 0 Å². The fraction of sp³-hybridized carbons (Fsp3) is 0.707. The van der Waals surface area contributed by atoms with Gasteiger partial charge < -0.3 is 43.7 Å². The number of aromatic hydroxyl groups is 1. The molecule has 4 atom stereocenters. The third-order valence-electron chi connectivity index (χ3n) is 21.1. The lowest BCUT2D eigenvalue weighted by Crippen LogP contribution is -2.41. The van der Waals surface area contributed by atoms with Gasteiger partial charge in [0.25, 0.3) is 0 Å². The second kappa shape index (κ2) is 37.7. The maximum atomic E-state index is 12.4. The van der Waals surface area contributed by atoms with E-state index in [1.807, 2.05) is 27.7 Å². The maximum absolute atomic E-state index is 12.4. The number of carbonyl (C=O) groups excluding carboxylic acids is 2. The summed E-state index contributed by atoms with van der Waals surface area (Å²) in [5, 5.41) is 30.2. The van der Waals surface area contributed by atoms with Gasteiger partial charge in [-0.1, -0.05) is 125 Å². The first-order chi connectivity index (χ1) is 44.9. The van der Waals surface area contributed by atoms with Crippen molar-refractivity contribution in [1.29, 1.82) is 0 Å². The Balaban J connectivity index is 0.000000330. The van der Waals surface area contributed by atoms with Crippen molar-refractivity contribution in [1.82, 2.24) is 0 Å². The summed E-state index contributed by atoms with van der Waals surface area (Å²) in [6.07, 6.45) is 11.5. The summed E-state index contributed by atoms with van der Waals surface area (Å²) in [5.74, 6) is 3.38. The van der Waals surface area contributed by atoms with Crippen LogP contribution in [0.15, 0.2) is 22.3 Å². The number of phenolic OH excluding ortho intramolecular Hbond substituents is 1. The zero-order chi connectivity index (χ0) is 75.1. The standard InChI is InChI=1S/C21H36O2Si.C20H34O4Si.C20H34O3Si.C15H22O2.C6H15ISi/c1-15-16(2)18(4)20-19(17(15)3)10-11-21(5,23-20)14-22-12-9-13-24(6,7)8;1-14-15(2)19(22)17(16(3)18(14)21)9-10-20(4,23)13-24-11-8-12-25(5,6)7;1-14-15(2)19-17(16(3)18(14)21)9-10-20(4,23-19)13-22-11-8-12-24(5,6)7;1-9-10(2)12(4)14-13(11(9)3)6-7-15(5,8-16)17-14;1-8(2,3)6-4-5-7/h9-14H2,1-8H3;23H,8-13H2,1-7H3;21H,8-13H2,1-7H3;16H,6-8H2,1-5H3;4-6H2,1-3H3/t21-;2*20-;15-;/m1111./s1. The van der Waals surface area contributed by atoms with Gasteiger partial charge in [-0.3, -0.25) is 9.59 Å². The summed E-state index contributed by atoms with van der Waals surface area (Å²) in [7, 11) is -3.65. The Kier molecular flexibility index (Phi) is 34.3. The molecule has 3 aromatic carbocycles. The van der Waals surface area contributed by atoms with Crippen LogP contribution in [0.3, 0.4) is 0 Å². The summed E-state index contributed by atoms with van der Waals surface area (Å²) in [4.78, 5) is 24.6. The molecule has 0 saturated heterocycles. The third-order valence-corrected chi connectivity index (χ3v) is 29.3. The molecule has 16 heteroatoms. The quantitative estimate of drug-likeness (QED) is 0.0245. The van der Waals surface area contributed by atoms with E-state index in [-0.39, 0.29) is 36.0 Å². The Morgan fingerprint density at radius 3 is 1.14 bits per heavy atom. The molecule has 4 aliphatic rings. The van der Waals surface area contributed by atoms with Crippen LogP contribution in [-0.4, -0.2) is 132 Å². The van der Waals surface area contributed by atoms with E-state index < -0.39 is 43.5 Å². The highest BCUT2D eigenvalue weighted by Crippen LogP contribution is 2.45. The van der Waals surface area contributed by atoms with Crippen LogP contribution in [0, 0.1) is 76.2 Å². The number of aliphatic hydroxyl groups is 2. The lowest BCUT2D eigenvalue weighted by molar-refractivity contribution is -0.116. The number of rotatable bonds is 25. The number of phenols is 1. The van der Waals surface area contributed by atoms with Gasteiger partial charge in [-0.15, -0.1) is 0 Å². The Bertz CT molecular complexity index is 3140. The normalized spacial score (nSPS) is 19.9. The van der Waals surface area contributed by atoms with E-state index in [1.165, 1.54) is 97.1 Å². The lowest BCUT2D eigenvalue weighted by Gasteiger charge is -2.38. The SMILES string of the molecule is CC1=C(C)C(=O)C(CC[C@@](C)(O)COCCC[Si](C)(C)C)=C(C)C1=O.C[Si](C)(C)CCCI.Cc1c(C)c(C)c2c(c1C)CC[C@](C)(CO)O2.Cc1c(C)c(C)c2c(c1C)CC[C@](C)(COCCC[Si](C)(C)C)O2.Cc1c(C)c2c(c(C)c1O)CC[C@](C)(COCCC[Si](C)(C)C)O2. The molecule has 0 saturated carbocycles. The van der Waals surface area contributed by atoms with Gasteiger partial charge in [0, 0.05) is 80.0 Å². The van der Waals surface area contributed by atoms with Crippen LogP contribution in [0.4, 0.5) is 0 Å². The summed E-state index contributed by atoms with van der Waals surface area (Å²) in [6, 6.07) is 5.35. The molecule has 0 spiro atoms. The van der Waals surface area contributed by atoms with E-state index in [1.54, 1.807) is 27.7 Å². The molecule has 1 aliphatic carbocycles. The molecule has 0 radical (unpaired) electrons. The number of aliphatic hydroxyl groups excluding tert-OH is 1. The number of ketones is 2. The number of ether oxygens (including phenoxy) is 6. The molecule has 3 aromatic rings. The molecule has 11 nitrogen and oxygen atoms in total. The monoisotopic (exact) mass is 1540 g/mol. The number of alkyl halides is 1. The van der Waals surface area contributed by atoms with Crippen LogP contribution < -0.4 is 14.2 Å². The van der Waals surface area contributed by atoms with Gasteiger partial charge in [0.15, 0.2) is 11.6 Å². The van der Waals surface area contributed by atoms with E-state index in [4.69, 9.17) is 28.4 Å². The molecule has 558 valence electrons. The van der Waals surface area contributed by atoms with Gasteiger partial charge in [-0.25, -0.2) is 0 Å². The van der Waals surface area contributed by atoms with Crippen molar-refractivity contribution < 1.29 is 53.3 Å². The molecule has 98 heavy (non-hydrogen) atoms. The van der Waals surface area contributed by atoms with Crippen LogP contribution in [-0.2, 0) is 43.1 Å². The average molecular weight is 1540 g/mol. The van der Waals surface area contributed by atoms with Gasteiger partial charge in [0.2, 0.25) is 0 Å². The first kappa shape index (κ1) is 89.3. The average Bonchev–Trinajstić information content (AvgIpc) is 0.782. The molecule has 3 heterocycles. The molecular formula is C82H141IO11Si4. The molecule has 0 bridgehead atoms. The highest BCUT2D eigenvalue weighted by molar-refractivity contribution is 14.1. The first-order valence-electron chi connectivity index (χ1n) is 37.1. The lowest BCUT2D eigenvalue weighted by atomic mass is 9.82. The number of carbonyl (C=O) groups is 2. The minimum atomic E-state index is -1.05. The smallest absolute Gasteiger partial charge is 0.185 e. The van der Waals surface area contributed by atoms with Crippen molar-refractivity contribution in [3.8, 4) is 23.0 Å². The van der Waals surface area contributed by atoms with Crippen molar-refractivity contribution in [2.75, 3.05) is 50.7 Å². The number of hydrogen-bond donors (Lipinski definition) is 3. The zero-order valence-corrected chi connectivity index (χ0v) is 74.1. The molecule has 0 fully saturated rings. The van der Waals surface area contributed by atoms with Crippen molar-refractivity contribution in [3.63, 3.8) is 0 Å². The Morgan fingerprint density at radius 2 is 0.776 bits per heavy atom. The van der Waals surface area contributed by atoms with Gasteiger partial charge in [0.1, 0.15) is 39.8 Å². The fourth-order valence-corrected chi connectivity index (χ4v) is 19.0. The van der Waals surface area contributed by atoms with Gasteiger partial charge in [0.05, 0.1) is 32.0 Å². The number of Topliss-reactive ketones (excluding diaryl/α,β-unsaturated/α-hetero) is 2. The zero-order valence-electron chi connectivity index (χ0n) is 68.0. The first-order valence-corrected chi connectivity index (χ1v) is 53.4. The van der Waals surface area contributed by atoms with E-state index in [0.29, 0.717) is 60.7 Å².